The normalized spacial score (nSPS) is 10.9. The third-order valence-corrected chi connectivity index (χ3v) is 3.24. The van der Waals surface area contributed by atoms with Gasteiger partial charge in [0, 0.05) is 5.02 Å². The van der Waals surface area contributed by atoms with Gasteiger partial charge in [-0.3, -0.25) is 4.79 Å². The minimum Gasteiger partial charge on any atom is -0.369 e. The zero-order valence-corrected chi connectivity index (χ0v) is 10.3. The summed E-state index contributed by atoms with van der Waals surface area (Å²) in [5, 5.41) is 1.61. The summed E-state index contributed by atoms with van der Waals surface area (Å²) in [5.74, 6) is -0.222. The van der Waals surface area contributed by atoms with Crippen LogP contribution >= 0.6 is 35.0 Å². The van der Waals surface area contributed by atoms with Crippen LogP contribution in [0.4, 0.5) is 0 Å². The maximum absolute atomic E-state index is 10.6. The molecule has 0 radical (unpaired) electrons. The molecule has 0 unspecified atom stereocenters. The predicted molar refractivity (Wildman–Crippen MR) is 66.0 cm³/mol. The summed E-state index contributed by atoms with van der Waals surface area (Å²) < 4.78 is 0. The molecule has 0 aliphatic rings. The van der Waals surface area contributed by atoms with E-state index in [0.717, 1.165) is 5.52 Å². The lowest BCUT2D eigenvalue weighted by Crippen LogP contribution is -2.13. The van der Waals surface area contributed by atoms with Crippen molar-refractivity contribution in [3.63, 3.8) is 0 Å². The number of carbonyl (C=O) groups excluding carboxylic acids is 1. The lowest BCUT2D eigenvalue weighted by atomic mass is 10.3. The van der Waals surface area contributed by atoms with Gasteiger partial charge in [-0.15, -0.1) is 0 Å². The highest BCUT2D eigenvalue weighted by Crippen LogP contribution is 2.28. The Morgan fingerprint density at radius 3 is 2.94 bits per heavy atom. The molecule has 7 heteroatoms. The zero-order chi connectivity index (χ0) is 11.7. The number of carbonyl (C=O) groups is 1. The number of amides is 1. The number of hydrogen-bond acceptors (Lipinski definition) is 3. The van der Waals surface area contributed by atoms with E-state index >= 15 is 0 Å². The van der Waals surface area contributed by atoms with E-state index in [0.29, 0.717) is 20.7 Å². The highest BCUT2D eigenvalue weighted by Gasteiger charge is 2.08. The first kappa shape index (κ1) is 11.6. The van der Waals surface area contributed by atoms with E-state index in [2.05, 4.69) is 9.97 Å². The van der Waals surface area contributed by atoms with Crippen LogP contribution in [0.1, 0.15) is 0 Å². The number of rotatable bonds is 3. The number of hydrogen-bond donors (Lipinski definition) is 2. The maximum atomic E-state index is 10.6. The van der Waals surface area contributed by atoms with Crippen molar-refractivity contribution < 1.29 is 4.79 Å². The molecule has 1 heterocycles. The Hall–Kier alpha value is -0.910. The summed E-state index contributed by atoms with van der Waals surface area (Å²) in [7, 11) is 0. The molecule has 1 aromatic carbocycles. The monoisotopic (exact) mass is 275 g/mol. The van der Waals surface area contributed by atoms with Gasteiger partial charge in [-0.1, -0.05) is 35.0 Å². The number of fused-ring (bicyclic) bond motifs is 1. The van der Waals surface area contributed by atoms with Gasteiger partial charge in [0.25, 0.3) is 0 Å². The second-order valence-corrected chi connectivity index (χ2v) is 4.89. The van der Waals surface area contributed by atoms with Crippen LogP contribution in [0.15, 0.2) is 17.3 Å². The molecule has 1 amide bonds. The molecule has 0 aliphatic carbocycles. The minimum atomic E-state index is -0.394. The second kappa shape index (κ2) is 4.53. The molecule has 0 spiro atoms. The number of aromatic nitrogens is 2. The maximum Gasteiger partial charge on any atom is 0.227 e. The SMILES string of the molecule is NC(=O)CSc1nc2c(Cl)cc(Cl)cc2[nH]1. The van der Waals surface area contributed by atoms with E-state index in [4.69, 9.17) is 28.9 Å². The number of thioether (sulfide) groups is 1. The van der Waals surface area contributed by atoms with Crippen molar-refractivity contribution in [1.29, 1.82) is 0 Å². The van der Waals surface area contributed by atoms with E-state index in [-0.39, 0.29) is 5.75 Å². The molecule has 2 aromatic rings. The standard InChI is InChI=1S/C9H7Cl2N3OS/c10-4-1-5(11)8-6(2-4)13-9(14-8)16-3-7(12)15/h1-2H,3H2,(H2,12,15)(H,13,14). The van der Waals surface area contributed by atoms with Crippen LogP contribution < -0.4 is 5.73 Å². The van der Waals surface area contributed by atoms with Gasteiger partial charge in [-0.25, -0.2) is 4.98 Å². The summed E-state index contributed by atoms with van der Waals surface area (Å²) in [6, 6.07) is 3.35. The summed E-state index contributed by atoms with van der Waals surface area (Å²) in [6.45, 7) is 0. The second-order valence-electron chi connectivity index (χ2n) is 3.08. The highest BCUT2D eigenvalue weighted by molar-refractivity contribution is 7.99. The van der Waals surface area contributed by atoms with Crippen LogP contribution in [0.5, 0.6) is 0 Å². The van der Waals surface area contributed by atoms with Crippen molar-refractivity contribution in [1.82, 2.24) is 9.97 Å². The van der Waals surface area contributed by atoms with Crippen molar-refractivity contribution in [2.45, 2.75) is 5.16 Å². The molecular weight excluding hydrogens is 269 g/mol. The Morgan fingerprint density at radius 2 is 2.25 bits per heavy atom. The Morgan fingerprint density at radius 1 is 1.50 bits per heavy atom. The summed E-state index contributed by atoms with van der Waals surface area (Å²) in [4.78, 5) is 17.9. The molecule has 84 valence electrons. The summed E-state index contributed by atoms with van der Waals surface area (Å²) in [5.41, 5.74) is 6.42. The number of imidazole rings is 1. The van der Waals surface area contributed by atoms with Crippen LogP contribution in [0.3, 0.4) is 0 Å². The molecule has 0 atom stereocenters. The van der Waals surface area contributed by atoms with E-state index < -0.39 is 5.91 Å². The van der Waals surface area contributed by atoms with Crippen LogP contribution in [-0.4, -0.2) is 21.6 Å². The Bertz CT molecular complexity index is 555. The average molecular weight is 276 g/mol. The van der Waals surface area contributed by atoms with Gasteiger partial charge < -0.3 is 10.7 Å². The van der Waals surface area contributed by atoms with Gasteiger partial charge in [0.15, 0.2) is 5.16 Å². The lowest BCUT2D eigenvalue weighted by molar-refractivity contribution is -0.115. The highest BCUT2D eigenvalue weighted by atomic mass is 35.5. The van der Waals surface area contributed by atoms with Gasteiger partial charge >= 0.3 is 0 Å². The number of aromatic amines is 1. The van der Waals surface area contributed by atoms with E-state index in [1.807, 2.05) is 0 Å². The number of nitrogens with one attached hydrogen (secondary N) is 1. The zero-order valence-electron chi connectivity index (χ0n) is 7.96. The van der Waals surface area contributed by atoms with Crippen LogP contribution in [0.25, 0.3) is 11.0 Å². The van der Waals surface area contributed by atoms with Gasteiger partial charge in [0.1, 0.15) is 5.52 Å². The molecule has 0 bridgehead atoms. The molecule has 0 aliphatic heterocycles. The quantitative estimate of drug-likeness (QED) is 0.846. The molecule has 1 aromatic heterocycles. The van der Waals surface area contributed by atoms with Gasteiger partial charge in [-0.2, -0.15) is 0 Å². The molecule has 16 heavy (non-hydrogen) atoms. The van der Waals surface area contributed by atoms with Crippen LogP contribution in [0, 0.1) is 0 Å². The number of H-pyrrole nitrogens is 1. The van der Waals surface area contributed by atoms with Crippen molar-refractivity contribution in [2.24, 2.45) is 5.73 Å². The van der Waals surface area contributed by atoms with Gasteiger partial charge in [-0.05, 0) is 12.1 Å². The average Bonchev–Trinajstić information content (AvgIpc) is 2.57. The van der Waals surface area contributed by atoms with Crippen molar-refractivity contribution >= 4 is 51.9 Å². The van der Waals surface area contributed by atoms with Crippen molar-refractivity contribution in [2.75, 3.05) is 5.75 Å². The first-order valence-corrected chi connectivity index (χ1v) is 6.06. The fraction of sp³-hybridized carbons (Fsp3) is 0.111. The molecule has 2 rings (SSSR count). The van der Waals surface area contributed by atoms with Crippen LogP contribution in [0.2, 0.25) is 10.0 Å². The summed E-state index contributed by atoms with van der Waals surface area (Å²) >= 11 is 13.0. The van der Waals surface area contributed by atoms with E-state index in [1.165, 1.54) is 11.8 Å². The molecule has 0 saturated carbocycles. The Kier molecular flexibility index (Phi) is 3.28. The first-order chi connectivity index (χ1) is 7.56. The molecule has 4 nitrogen and oxygen atoms in total. The Labute approximate surface area is 106 Å². The summed E-state index contributed by atoms with van der Waals surface area (Å²) in [6.07, 6.45) is 0. The smallest absolute Gasteiger partial charge is 0.227 e. The van der Waals surface area contributed by atoms with Crippen LogP contribution in [-0.2, 0) is 4.79 Å². The Balaban J connectivity index is 2.36. The number of benzene rings is 1. The predicted octanol–water partition coefficient (Wildman–Crippen LogP) is 2.45. The van der Waals surface area contributed by atoms with Gasteiger partial charge in [0.05, 0.1) is 16.3 Å². The fourth-order valence-electron chi connectivity index (χ4n) is 1.23. The number of nitrogens with zero attached hydrogens (tertiary/aromatic N) is 1. The largest absolute Gasteiger partial charge is 0.369 e. The molecule has 0 saturated heterocycles. The number of halogens is 2. The van der Waals surface area contributed by atoms with Crippen molar-refractivity contribution in [3.8, 4) is 0 Å². The molecular formula is C9H7Cl2N3OS. The molecule has 3 N–H and O–H groups in total. The van der Waals surface area contributed by atoms with E-state index in [9.17, 15) is 4.79 Å². The third-order valence-electron chi connectivity index (χ3n) is 1.83. The topological polar surface area (TPSA) is 71.8 Å². The number of nitrogens with two attached hydrogens (primary N) is 1. The lowest BCUT2D eigenvalue weighted by Gasteiger charge is -1.92. The number of primary amides is 1. The molecule has 0 fully saturated rings. The first-order valence-electron chi connectivity index (χ1n) is 4.32. The van der Waals surface area contributed by atoms with E-state index in [1.54, 1.807) is 12.1 Å². The van der Waals surface area contributed by atoms with Gasteiger partial charge in [0.2, 0.25) is 5.91 Å². The van der Waals surface area contributed by atoms with Crippen molar-refractivity contribution in [3.05, 3.63) is 22.2 Å². The third kappa shape index (κ3) is 2.42. The fourth-order valence-corrected chi connectivity index (χ4v) is 2.38. The minimum absolute atomic E-state index is 0.172.